The third kappa shape index (κ3) is 4.84. The lowest BCUT2D eigenvalue weighted by molar-refractivity contribution is 0.196. The average Bonchev–Trinajstić information content (AvgIpc) is 2.36. The summed E-state index contributed by atoms with van der Waals surface area (Å²) >= 11 is 0. The summed E-state index contributed by atoms with van der Waals surface area (Å²) in [6, 6.07) is -0.112. The first-order chi connectivity index (χ1) is 8.54. The van der Waals surface area contributed by atoms with Gasteiger partial charge in [-0.15, -0.1) is 0 Å². The van der Waals surface area contributed by atoms with Gasteiger partial charge in [-0.25, -0.2) is 4.79 Å². The van der Waals surface area contributed by atoms with Crippen LogP contribution in [0.25, 0.3) is 0 Å². The van der Waals surface area contributed by atoms with Crippen molar-refractivity contribution in [3.8, 4) is 0 Å². The molecule has 0 radical (unpaired) electrons. The van der Waals surface area contributed by atoms with Gasteiger partial charge in [-0.05, 0) is 31.1 Å². The number of urea groups is 1. The average molecular weight is 256 g/mol. The lowest BCUT2D eigenvalue weighted by Gasteiger charge is -2.29. The van der Waals surface area contributed by atoms with Crippen LogP contribution in [0.2, 0.25) is 0 Å². The van der Waals surface area contributed by atoms with Crippen LogP contribution in [0.3, 0.4) is 0 Å². The molecule has 1 fully saturated rings. The number of hydrogen-bond acceptors (Lipinski definition) is 2. The predicted octanol–water partition coefficient (Wildman–Crippen LogP) is 2.13. The van der Waals surface area contributed by atoms with Crippen molar-refractivity contribution in [2.75, 3.05) is 13.2 Å². The first-order valence-electron chi connectivity index (χ1n) is 7.19. The molecule has 4 unspecified atom stereocenters. The van der Waals surface area contributed by atoms with E-state index in [0.29, 0.717) is 11.8 Å². The van der Waals surface area contributed by atoms with Crippen LogP contribution in [0, 0.1) is 17.8 Å². The molecule has 1 aliphatic carbocycles. The van der Waals surface area contributed by atoms with Gasteiger partial charge in [0.1, 0.15) is 0 Å². The highest BCUT2D eigenvalue weighted by Gasteiger charge is 2.22. The molecule has 4 nitrogen and oxygen atoms in total. The lowest BCUT2D eigenvalue weighted by atomic mass is 9.80. The summed E-state index contributed by atoms with van der Waals surface area (Å²) in [7, 11) is 0. The van der Waals surface area contributed by atoms with E-state index in [9.17, 15) is 4.79 Å². The summed E-state index contributed by atoms with van der Waals surface area (Å²) in [6.45, 7) is 6.99. The molecule has 0 bridgehead atoms. The normalized spacial score (nSPS) is 27.3. The van der Waals surface area contributed by atoms with Gasteiger partial charge in [0, 0.05) is 19.2 Å². The number of amides is 2. The maximum Gasteiger partial charge on any atom is 0.315 e. The van der Waals surface area contributed by atoms with Crippen LogP contribution in [-0.4, -0.2) is 30.3 Å². The van der Waals surface area contributed by atoms with E-state index >= 15 is 0 Å². The van der Waals surface area contributed by atoms with Gasteiger partial charge in [-0.1, -0.05) is 33.1 Å². The second-order valence-corrected chi connectivity index (χ2v) is 5.82. The van der Waals surface area contributed by atoms with Crippen LogP contribution in [0.5, 0.6) is 0 Å². The Labute approximate surface area is 111 Å². The highest BCUT2D eigenvalue weighted by atomic mass is 16.3. The summed E-state index contributed by atoms with van der Waals surface area (Å²) in [5, 5.41) is 14.9. The van der Waals surface area contributed by atoms with Gasteiger partial charge in [-0.2, -0.15) is 0 Å². The van der Waals surface area contributed by atoms with Crippen LogP contribution in [0.4, 0.5) is 4.79 Å². The molecule has 0 aromatic rings. The molecule has 0 spiro atoms. The second-order valence-electron chi connectivity index (χ2n) is 5.82. The quantitative estimate of drug-likeness (QED) is 0.705. The molecule has 18 heavy (non-hydrogen) atoms. The molecule has 1 aliphatic rings. The lowest BCUT2D eigenvalue weighted by Crippen LogP contribution is -2.46. The minimum absolute atomic E-state index is 0.00113. The third-order valence-corrected chi connectivity index (χ3v) is 4.31. The summed E-state index contributed by atoms with van der Waals surface area (Å²) in [6.07, 6.45) is 5.13. The van der Waals surface area contributed by atoms with Crippen molar-refractivity contribution in [2.45, 2.75) is 52.5 Å². The van der Waals surface area contributed by atoms with Gasteiger partial charge in [0.2, 0.25) is 0 Å². The van der Waals surface area contributed by atoms with Crippen molar-refractivity contribution < 1.29 is 9.90 Å². The van der Waals surface area contributed by atoms with E-state index < -0.39 is 0 Å². The highest BCUT2D eigenvalue weighted by Crippen LogP contribution is 2.28. The van der Waals surface area contributed by atoms with E-state index in [1.54, 1.807) is 0 Å². The van der Waals surface area contributed by atoms with Crippen LogP contribution in [0.1, 0.15) is 46.5 Å². The fourth-order valence-electron chi connectivity index (χ4n) is 2.48. The molecule has 0 aliphatic heterocycles. The van der Waals surface area contributed by atoms with Gasteiger partial charge in [-0.3, -0.25) is 0 Å². The molecular weight excluding hydrogens is 228 g/mol. The topological polar surface area (TPSA) is 61.4 Å². The molecule has 0 aromatic heterocycles. The second kappa shape index (κ2) is 7.62. The van der Waals surface area contributed by atoms with E-state index in [1.807, 2.05) is 13.8 Å². The zero-order chi connectivity index (χ0) is 13.5. The van der Waals surface area contributed by atoms with Crippen molar-refractivity contribution in [2.24, 2.45) is 17.8 Å². The van der Waals surface area contributed by atoms with Crippen LogP contribution in [0.15, 0.2) is 0 Å². The van der Waals surface area contributed by atoms with Gasteiger partial charge in [0.15, 0.2) is 0 Å². The zero-order valence-corrected chi connectivity index (χ0v) is 11.9. The fraction of sp³-hybridized carbons (Fsp3) is 0.929. The number of hydrogen-bond donors (Lipinski definition) is 3. The Kier molecular flexibility index (Phi) is 6.47. The van der Waals surface area contributed by atoms with Gasteiger partial charge in [0.05, 0.1) is 0 Å². The Morgan fingerprint density at radius 2 is 2.00 bits per heavy atom. The van der Waals surface area contributed by atoms with Crippen molar-refractivity contribution in [3.05, 3.63) is 0 Å². The molecule has 4 atom stereocenters. The van der Waals surface area contributed by atoms with E-state index in [1.165, 1.54) is 25.7 Å². The van der Waals surface area contributed by atoms with Crippen molar-refractivity contribution in [1.29, 1.82) is 0 Å². The van der Waals surface area contributed by atoms with Gasteiger partial charge in [0.25, 0.3) is 0 Å². The number of carbonyl (C=O) groups excluding carboxylic acids is 1. The molecule has 0 saturated heterocycles. The number of rotatable bonds is 5. The monoisotopic (exact) mass is 256 g/mol. The Morgan fingerprint density at radius 1 is 1.33 bits per heavy atom. The minimum atomic E-state index is -0.111. The third-order valence-electron chi connectivity index (χ3n) is 4.31. The summed E-state index contributed by atoms with van der Waals surface area (Å²) < 4.78 is 0. The zero-order valence-electron chi connectivity index (χ0n) is 11.9. The molecule has 4 heteroatoms. The molecule has 2 amide bonds. The Morgan fingerprint density at radius 3 is 2.61 bits per heavy atom. The highest BCUT2D eigenvalue weighted by molar-refractivity contribution is 5.74. The Bertz CT molecular complexity index is 258. The number of aliphatic hydroxyl groups excluding tert-OH is 1. The summed E-state index contributed by atoms with van der Waals surface area (Å²) in [5.41, 5.74) is 0. The molecular formula is C14H28N2O2. The van der Waals surface area contributed by atoms with Gasteiger partial charge >= 0.3 is 6.03 Å². The molecule has 1 rings (SSSR count). The van der Waals surface area contributed by atoms with Gasteiger partial charge < -0.3 is 15.7 Å². The van der Waals surface area contributed by atoms with E-state index in [0.717, 1.165) is 6.54 Å². The van der Waals surface area contributed by atoms with E-state index in [2.05, 4.69) is 17.6 Å². The maximum absolute atomic E-state index is 11.7. The number of nitrogens with one attached hydrogen (secondary N) is 2. The standard InChI is InChI=1S/C14H28N2O2/c1-10-6-4-5-7-13(10)8-15-14(18)16-12(3)11(2)9-17/h10-13,17H,4-9H2,1-3H3,(H2,15,16,18). The fourth-order valence-corrected chi connectivity index (χ4v) is 2.48. The minimum Gasteiger partial charge on any atom is -0.396 e. The molecule has 0 aromatic carbocycles. The van der Waals surface area contributed by atoms with Crippen molar-refractivity contribution >= 4 is 6.03 Å². The molecule has 0 heterocycles. The summed E-state index contributed by atoms with van der Waals surface area (Å²) in [5.74, 6) is 1.42. The van der Waals surface area contributed by atoms with E-state index in [4.69, 9.17) is 5.11 Å². The number of carbonyl (C=O) groups is 1. The summed E-state index contributed by atoms with van der Waals surface area (Å²) in [4.78, 5) is 11.7. The Balaban J connectivity index is 2.24. The van der Waals surface area contributed by atoms with Crippen molar-refractivity contribution in [3.63, 3.8) is 0 Å². The smallest absolute Gasteiger partial charge is 0.315 e. The first kappa shape index (κ1) is 15.3. The van der Waals surface area contributed by atoms with Crippen LogP contribution < -0.4 is 10.6 Å². The predicted molar refractivity (Wildman–Crippen MR) is 73.4 cm³/mol. The Hall–Kier alpha value is -0.770. The molecule has 3 N–H and O–H groups in total. The largest absolute Gasteiger partial charge is 0.396 e. The molecule has 106 valence electrons. The molecule has 1 saturated carbocycles. The van der Waals surface area contributed by atoms with Crippen LogP contribution in [-0.2, 0) is 0 Å². The number of aliphatic hydroxyl groups is 1. The van der Waals surface area contributed by atoms with E-state index in [-0.39, 0.29) is 24.6 Å². The SMILES string of the molecule is CC1CCCCC1CNC(=O)NC(C)C(C)CO. The van der Waals surface area contributed by atoms with Crippen molar-refractivity contribution in [1.82, 2.24) is 10.6 Å². The maximum atomic E-state index is 11.7. The first-order valence-corrected chi connectivity index (χ1v) is 7.19. The van der Waals surface area contributed by atoms with Crippen LogP contribution >= 0.6 is 0 Å².